The molecule has 0 fully saturated rings. The summed E-state index contributed by atoms with van der Waals surface area (Å²) in [6.07, 6.45) is 1.77. The zero-order valence-electron chi connectivity index (χ0n) is 40.6. The highest BCUT2D eigenvalue weighted by molar-refractivity contribution is 6.43. The molecule has 8 amide bonds. The molecule has 10 aromatic rings. The van der Waals surface area contributed by atoms with Crippen molar-refractivity contribution in [2.24, 2.45) is 0 Å². The van der Waals surface area contributed by atoms with Crippen LogP contribution in [0.1, 0.15) is 150 Å². The van der Waals surface area contributed by atoms with E-state index in [0.29, 0.717) is 67.4 Å². The predicted molar refractivity (Wildman–Crippen MR) is 280 cm³/mol. The van der Waals surface area contributed by atoms with Crippen molar-refractivity contribution in [3.63, 3.8) is 0 Å². The molecule has 4 aliphatic rings. The Morgan fingerprint density at radius 3 is 0.658 bits per heavy atom. The molecular formula is C61H44N4O8. The van der Waals surface area contributed by atoms with Gasteiger partial charge in [0.15, 0.2) is 0 Å². The Bertz CT molecular complexity index is 3850. The summed E-state index contributed by atoms with van der Waals surface area (Å²) in [5.74, 6) is -3.89. The van der Waals surface area contributed by atoms with Crippen molar-refractivity contribution >= 4 is 133 Å². The molecule has 10 aromatic carbocycles. The largest absolute Gasteiger partial charge is 0.272 e. The van der Waals surface area contributed by atoms with Crippen molar-refractivity contribution in [1.29, 1.82) is 0 Å². The maximum atomic E-state index is 15.1. The number of carbonyl (C=O) groups excluding carboxylic acids is 8. The Balaban J connectivity index is 0.872. The van der Waals surface area contributed by atoms with Crippen LogP contribution in [0.5, 0.6) is 0 Å². The molecule has 0 radical (unpaired) electrons. The Hall–Kier alpha value is -8.64. The van der Waals surface area contributed by atoms with E-state index in [4.69, 9.17) is 0 Å². The minimum atomic E-state index is -1.29. The van der Waals surface area contributed by atoms with E-state index in [9.17, 15) is 19.2 Å². The molecule has 0 saturated carbocycles. The highest BCUT2D eigenvalue weighted by Crippen LogP contribution is 2.49. The van der Waals surface area contributed by atoms with E-state index in [2.05, 4.69) is 0 Å². The number of fused-ring (bicyclic) bond motifs is 4. The standard InChI is InChI=1S/C61H44N4O8/c1-6-9-27(4)62-54(66)37-19-11-29-33-15-23-41-52-42(24-16-34(48(33)52)30-12-20-38(55(62)67)50(37)46(29)30)59(71)64(58(41)70)45(8-3)65-60(72)43-25-17-35-31-13-21-39-51-40(57(69)63(56(39)68)28(5)10-7-2)22-14-32(47(31)51)36-18-26-44(61(65)73)53(43)49(35)36/h11-28,45H,6-10H2,1-5H3. The Morgan fingerprint density at radius 1 is 0.288 bits per heavy atom. The molecule has 4 heterocycles. The van der Waals surface area contributed by atoms with E-state index in [1.165, 1.54) is 9.80 Å². The van der Waals surface area contributed by atoms with Gasteiger partial charge in [0.05, 0.1) is 0 Å². The average molecular weight is 961 g/mol. The normalized spacial score (nSPS) is 17.1. The van der Waals surface area contributed by atoms with Crippen molar-refractivity contribution in [2.45, 2.75) is 85.0 Å². The van der Waals surface area contributed by atoms with Crippen molar-refractivity contribution in [1.82, 2.24) is 19.6 Å². The second-order valence-electron chi connectivity index (χ2n) is 20.4. The maximum Gasteiger partial charge on any atom is 0.263 e. The number of nitrogens with zero attached hydrogens (tertiary/aromatic N) is 4. The topological polar surface area (TPSA) is 150 Å². The van der Waals surface area contributed by atoms with Gasteiger partial charge in [-0.05, 0) is 146 Å². The quantitative estimate of drug-likeness (QED) is 0.0788. The number of imide groups is 4. The first-order valence-electron chi connectivity index (χ1n) is 25.2. The molecule has 12 heteroatoms. The molecule has 0 saturated heterocycles. The molecule has 0 bridgehead atoms. The summed E-state index contributed by atoms with van der Waals surface area (Å²) < 4.78 is 0. The molecule has 2 unspecified atom stereocenters. The summed E-state index contributed by atoms with van der Waals surface area (Å²) in [6, 6.07) is 28.2. The molecule has 0 spiro atoms. The minimum Gasteiger partial charge on any atom is -0.272 e. The zero-order chi connectivity index (χ0) is 50.4. The first kappa shape index (κ1) is 43.2. The third-order valence-corrected chi connectivity index (χ3v) is 16.7. The lowest BCUT2D eigenvalue weighted by Crippen LogP contribution is -2.59. The molecule has 4 aliphatic heterocycles. The van der Waals surface area contributed by atoms with Gasteiger partial charge in [-0.15, -0.1) is 0 Å². The molecule has 2 atom stereocenters. The average Bonchev–Trinajstić information content (AvgIpc) is 3.39. The van der Waals surface area contributed by atoms with Gasteiger partial charge < -0.3 is 0 Å². The number of rotatable bonds is 9. The number of hydrogen-bond acceptors (Lipinski definition) is 8. The van der Waals surface area contributed by atoms with Crippen LogP contribution >= 0.6 is 0 Å². The molecular weight excluding hydrogens is 917 g/mol. The third kappa shape index (κ3) is 5.14. The van der Waals surface area contributed by atoms with Crippen LogP contribution in [0.4, 0.5) is 0 Å². The second kappa shape index (κ2) is 14.7. The van der Waals surface area contributed by atoms with Gasteiger partial charge in [0.2, 0.25) is 0 Å². The maximum absolute atomic E-state index is 15.1. The summed E-state index contributed by atoms with van der Waals surface area (Å²) >= 11 is 0. The molecule has 14 rings (SSSR count). The van der Waals surface area contributed by atoms with Gasteiger partial charge in [-0.1, -0.05) is 82.1 Å². The van der Waals surface area contributed by atoms with Crippen LogP contribution in [0, 0.1) is 0 Å². The smallest absolute Gasteiger partial charge is 0.263 e. The monoisotopic (exact) mass is 960 g/mol. The van der Waals surface area contributed by atoms with E-state index >= 15 is 19.2 Å². The van der Waals surface area contributed by atoms with Crippen LogP contribution in [-0.2, 0) is 0 Å². The minimum absolute atomic E-state index is 0.0521. The highest BCUT2D eigenvalue weighted by atomic mass is 16.2. The number of carbonyl (C=O) groups is 8. The lowest BCUT2D eigenvalue weighted by Gasteiger charge is -2.40. The van der Waals surface area contributed by atoms with E-state index in [1.54, 1.807) is 55.5 Å². The Morgan fingerprint density at radius 2 is 0.479 bits per heavy atom. The van der Waals surface area contributed by atoms with Crippen molar-refractivity contribution in [3.05, 3.63) is 142 Å². The van der Waals surface area contributed by atoms with Gasteiger partial charge in [-0.25, -0.2) is 0 Å². The van der Waals surface area contributed by atoms with Gasteiger partial charge in [0.25, 0.3) is 47.3 Å². The van der Waals surface area contributed by atoms with E-state index in [0.717, 1.165) is 76.5 Å². The first-order chi connectivity index (χ1) is 35.3. The molecule has 0 N–H and O–H groups in total. The Kier molecular flexibility index (Phi) is 8.71. The van der Waals surface area contributed by atoms with Crippen molar-refractivity contribution in [3.8, 4) is 0 Å². The SMILES string of the molecule is CCCC(C)N1C(=O)c2ccc3c4ccc5c6c(ccc(c7ccc(c2c37)C1=O)c64)C(=O)N(C(CC)N1C(=O)c2ccc3c4ccc6c7c(ccc(c8ccc(c2c38)C1=O)c74)C(=O)N(C(C)CCC)C6=O)C5=O. The predicted octanol–water partition coefficient (Wildman–Crippen LogP) is 12.0. The zero-order valence-corrected chi connectivity index (χ0v) is 40.6. The summed E-state index contributed by atoms with van der Waals surface area (Å²) in [5, 5.41) is 11.1. The fraction of sp³-hybridized carbons (Fsp3) is 0.213. The summed E-state index contributed by atoms with van der Waals surface area (Å²) in [7, 11) is 0. The fourth-order valence-corrected chi connectivity index (χ4v) is 13.5. The summed E-state index contributed by atoms with van der Waals surface area (Å²) in [6.45, 7) is 9.57. The van der Waals surface area contributed by atoms with Crippen molar-refractivity contribution < 1.29 is 38.4 Å². The number of hydrogen-bond donors (Lipinski definition) is 0. The summed E-state index contributed by atoms with van der Waals surface area (Å²) in [5.41, 5.74) is 2.80. The van der Waals surface area contributed by atoms with Gasteiger partial charge in [0.1, 0.15) is 6.17 Å². The molecule has 0 aromatic heterocycles. The van der Waals surface area contributed by atoms with Crippen LogP contribution in [0.25, 0.3) is 86.2 Å². The summed E-state index contributed by atoms with van der Waals surface area (Å²) in [4.78, 5) is 121. The number of benzene rings is 10. The second-order valence-corrected chi connectivity index (χ2v) is 20.4. The third-order valence-electron chi connectivity index (χ3n) is 16.7. The van der Waals surface area contributed by atoms with E-state index < -0.39 is 29.8 Å². The van der Waals surface area contributed by atoms with Gasteiger partial charge in [0, 0.05) is 78.1 Å². The van der Waals surface area contributed by atoms with Crippen LogP contribution in [0.3, 0.4) is 0 Å². The van der Waals surface area contributed by atoms with Crippen LogP contribution in [0.2, 0.25) is 0 Å². The van der Waals surface area contributed by atoms with E-state index in [-0.39, 0.29) is 64.4 Å². The first-order valence-corrected chi connectivity index (χ1v) is 25.2. The molecule has 0 aliphatic carbocycles. The van der Waals surface area contributed by atoms with Gasteiger partial charge in [-0.2, -0.15) is 0 Å². The lowest BCUT2D eigenvalue weighted by molar-refractivity contribution is 0.0224. The van der Waals surface area contributed by atoms with Gasteiger partial charge in [-0.3, -0.25) is 58.0 Å². The van der Waals surface area contributed by atoms with Crippen LogP contribution < -0.4 is 0 Å². The Labute approximate surface area is 416 Å². The van der Waals surface area contributed by atoms with Crippen LogP contribution in [0.15, 0.2) is 97.1 Å². The molecule has 73 heavy (non-hydrogen) atoms. The fourth-order valence-electron chi connectivity index (χ4n) is 13.5. The molecule has 12 nitrogen and oxygen atoms in total. The number of amides is 8. The highest BCUT2D eigenvalue weighted by Gasteiger charge is 2.47. The van der Waals surface area contributed by atoms with Gasteiger partial charge >= 0.3 is 0 Å². The van der Waals surface area contributed by atoms with Crippen LogP contribution in [-0.4, -0.2) is 85.1 Å². The lowest BCUT2D eigenvalue weighted by atomic mass is 9.81. The van der Waals surface area contributed by atoms with E-state index in [1.807, 2.05) is 76.2 Å². The molecule has 356 valence electrons. The van der Waals surface area contributed by atoms with Crippen molar-refractivity contribution in [2.75, 3.05) is 0 Å².